The monoisotopic (exact) mass is 253 g/mol. The highest BCUT2D eigenvalue weighted by molar-refractivity contribution is 5.85. The van der Waals surface area contributed by atoms with Crippen molar-refractivity contribution in [1.29, 1.82) is 0 Å². The van der Waals surface area contributed by atoms with Crippen LogP contribution in [0.25, 0.3) is 0 Å². The molecule has 0 aliphatic heterocycles. The molecule has 0 saturated carbocycles. The Morgan fingerprint density at radius 3 is 2.38 bits per heavy atom. The third-order valence-corrected chi connectivity index (χ3v) is 1.90. The maximum atomic E-state index is 12.3. The first-order valence-corrected chi connectivity index (χ1v) is 4.80. The molecule has 0 atom stereocenters. The maximum Gasteiger partial charge on any atom is 0.416 e. The molecule has 0 fully saturated rings. The summed E-state index contributed by atoms with van der Waals surface area (Å²) in [6, 6.07) is 5.24. The highest BCUT2D eigenvalue weighted by Crippen LogP contribution is 2.30. The third-order valence-electron chi connectivity index (χ3n) is 1.90. The Balaban J connectivity index is 0.00000225. The van der Waals surface area contributed by atoms with Gasteiger partial charge >= 0.3 is 6.18 Å². The summed E-state index contributed by atoms with van der Waals surface area (Å²) < 4.78 is 37.0. The van der Waals surface area contributed by atoms with Crippen LogP contribution in [0.4, 0.5) is 18.9 Å². The summed E-state index contributed by atoms with van der Waals surface area (Å²) in [6.45, 7) is 4.67. The second kappa shape index (κ2) is 5.99. The van der Waals surface area contributed by atoms with Crippen LogP contribution in [0.1, 0.15) is 19.4 Å². The Bertz CT molecular complexity index is 323. The van der Waals surface area contributed by atoms with E-state index < -0.39 is 11.7 Å². The number of nitrogens with one attached hydrogen (secondary N) is 1. The summed E-state index contributed by atoms with van der Waals surface area (Å²) in [6.07, 6.45) is -4.27. The van der Waals surface area contributed by atoms with Gasteiger partial charge in [-0.1, -0.05) is 19.9 Å². The SMILES string of the molecule is CC(C)CNc1cccc(C(F)(F)F)c1.Cl. The van der Waals surface area contributed by atoms with Crippen molar-refractivity contribution in [2.45, 2.75) is 20.0 Å². The Morgan fingerprint density at radius 1 is 1.25 bits per heavy atom. The molecule has 0 bridgehead atoms. The second-order valence-corrected chi connectivity index (χ2v) is 3.85. The number of hydrogen-bond acceptors (Lipinski definition) is 1. The van der Waals surface area contributed by atoms with Crippen molar-refractivity contribution in [3.63, 3.8) is 0 Å². The summed E-state index contributed by atoms with van der Waals surface area (Å²) in [7, 11) is 0. The molecule has 5 heteroatoms. The molecule has 1 rings (SSSR count). The minimum absolute atomic E-state index is 0. The highest BCUT2D eigenvalue weighted by atomic mass is 35.5. The molecular formula is C11H15ClF3N. The molecule has 0 unspecified atom stereocenters. The molecule has 0 spiro atoms. The molecule has 1 N–H and O–H groups in total. The fourth-order valence-corrected chi connectivity index (χ4v) is 1.13. The van der Waals surface area contributed by atoms with Crippen molar-refractivity contribution in [3.8, 4) is 0 Å². The van der Waals surface area contributed by atoms with E-state index in [0.29, 0.717) is 18.2 Å². The quantitative estimate of drug-likeness (QED) is 0.852. The van der Waals surface area contributed by atoms with Gasteiger partial charge in [0.2, 0.25) is 0 Å². The second-order valence-electron chi connectivity index (χ2n) is 3.85. The largest absolute Gasteiger partial charge is 0.416 e. The minimum atomic E-state index is -4.27. The van der Waals surface area contributed by atoms with Crippen molar-refractivity contribution in [1.82, 2.24) is 0 Å². The highest BCUT2D eigenvalue weighted by Gasteiger charge is 2.30. The third kappa shape index (κ3) is 4.75. The van der Waals surface area contributed by atoms with Gasteiger partial charge in [0.05, 0.1) is 5.56 Å². The number of alkyl halides is 3. The number of benzene rings is 1. The first-order chi connectivity index (χ1) is 6.89. The van der Waals surface area contributed by atoms with Gasteiger partial charge in [-0.25, -0.2) is 0 Å². The van der Waals surface area contributed by atoms with Crippen LogP contribution in [0.3, 0.4) is 0 Å². The smallest absolute Gasteiger partial charge is 0.385 e. The van der Waals surface area contributed by atoms with E-state index in [1.165, 1.54) is 6.07 Å². The predicted molar refractivity (Wildman–Crippen MR) is 62.0 cm³/mol. The van der Waals surface area contributed by atoms with Crippen LogP contribution in [-0.4, -0.2) is 6.54 Å². The van der Waals surface area contributed by atoms with Gasteiger partial charge in [0.25, 0.3) is 0 Å². The number of anilines is 1. The lowest BCUT2D eigenvalue weighted by Gasteiger charge is -2.11. The molecule has 0 amide bonds. The molecular weight excluding hydrogens is 239 g/mol. The van der Waals surface area contributed by atoms with Gasteiger partial charge in [-0.3, -0.25) is 0 Å². The summed E-state index contributed by atoms with van der Waals surface area (Å²) >= 11 is 0. The van der Waals surface area contributed by atoms with E-state index in [4.69, 9.17) is 0 Å². The molecule has 0 aliphatic rings. The number of rotatable bonds is 3. The Hall–Kier alpha value is -0.900. The van der Waals surface area contributed by atoms with Crippen LogP contribution in [0.15, 0.2) is 24.3 Å². The van der Waals surface area contributed by atoms with E-state index in [-0.39, 0.29) is 12.4 Å². The van der Waals surface area contributed by atoms with E-state index in [1.807, 2.05) is 13.8 Å². The molecule has 1 nitrogen and oxygen atoms in total. The Morgan fingerprint density at radius 2 is 1.88 bits per heavy atom. The molecule has 1 aromatic carbocycles. The maximum absolute atomic E-state index is 12.3. The average molecular weight is 254 g/mol. The summed E-state index contributed by atoms with van der Waals surface area (Å²) in [4.78, 5) is 0. The van der Waals surface area contributed by atoms with Crippen molar-refractivity contribution in [2.75, 3.05) is 11.9 Å². The van der Waals surface area contributed by atoms with E-state index in [1.54, 1.807) is 6.07 Å². The molecule has 0 aliphatic carbocycles. The van der Waals surface area contributed by atoms with E-state index >= 15 is 0 Å². The van der Waals surface area contributed by atoms with Crippen LogP contribution in [0.2, 0.25) is 0 Å². The first kappa shape index (κ1) is 15.1. The fraction of sp³-hybridized carbons (Fsp3) is 0.455. The zero-order valence-electron chi connectivity index (χ0n) is 9.14. The lowest BCUT2D eigenvalue weighted by Crippen LogP contribution is -2.10. The van der Waals surface area contributed by atoms with Gasteiger partial charge in [0.1, 0.15) is 0 Å². The van der Waals surface area contributed by atoms with E-state index in [2.05, 4.69) is 5.32 Å². The van der Waals surface area contributed by atoms with Crippen molar-refractivity contribution < 1.29 is 13.2 Å². The van der Waals surface area contributed by atoms with Gasteiger partial charge in [-0.15, -0.1) is 12.4 Å². The number of halogens is 4. The Kier molecular flexibility index (Phi) is 5.65. The lowest BCUT2D eigenvalue weighted by atomic mass is 10.1. The summed E-state index contributed by atoms with van der Waals surface area (Å²) in [5, 5.41) is 2.96. The van der Waals surface area contributed by atoms with Crippen LogP contribution < -0.4 is 5.32 Å². The van der Waals surface area contributed by atoms with Gasteiger partial charge < -0.3 is 5.32 Å². The predicted octanol–water partition coefficient (Wildman–Crippen LogP) is 4.20. The minimum Gasteiger partial charge on any atom is -0.385 e. The molecule has 16 heavy (non-hydrogen) atoms. The summed E-state index contributed by atoms with van der Waals surface area (Å²) in [5.74, 6) is 0.402. The average Bonchev–Trinajstić information content (AvgIpc) is 2.14. The Labute approximate surface area is 99.5 Å². The van der Waals surface area contributed by atoms with Crippen LogP contribution >= 0.6 is 12.4 Å². The standard InChI is InChI=1S/C11H14F3N.ClH/c1-8(2)7-15-10-5-3-4-9(6-10)11(12,13)14;/h3-6,8,15H,7H2,1-2H3;1H. The van der Waals surface area contributed by atoms with Crippen molar-refractivity contribution >= 4 is 18.1 Å². The molecule has 0 aromatic heterocycles. The van der Waals surface area contributed by atoms with Crippen molar-refractivity contribution in [3.05, 3.63) is 29.8 Å². The van der Waals surface area contributed by atoms with E-state index in [9.17, 15) is 13.2 Å². The van der Waals surface area contributed by atoms with Crippen molar-refractivity contribution in [2.24, 2.45) is 5.92 Å². The zero-order valence-corrected chi connectivity index (χ0v) is 9.95. The first-order valence-electron chi connectivity index (χ1n) is 4.80. The van der Waals surface area contributed by atoms with E-state index in [0.717, 1.165) is 12.1 Å². The molecule has 92 valence electrons. The van der Waals surface area contributed by atoms with Crippen LogP contribution in [0.5, 0.6) is 0 Å². The topological polar surface area (TPSA) is 12.0 Å². The fourth-order valence-electron chi connectivity index (χ4n) is 1.13. The van der Waals surface area contributed by atoms with Crippen LogP contribution in [-0.2, 0) is 6.18 Å². The van der Waals surface area contributed by atoms with Gasteiger partial charge in [0, 0.05) is 12.2 Å². The lowest BCUT2D eigenvalue weighted by molar-refractivity contribution is -0.137. The van der Waals surface area contributed by atoms with Gasteiger partial charge in [-0.2, -0.15) is 13.2 Å². The molecule has 0 radical (unpaired) electrons. The summed E-state index contributed by atoms with van der Waals surface area (Å²) in [5.41, 5.74) is -0.102. The zero-order chi connectivity index (χ0) is 11.5. The molecule has 0 saturated heterocycles. The van der Waals surface area contributed by atoms with Crippen LogP contribution in [0, 0.1) is 5.92 Å². The molecule has 1 aromatic rings. The molecule has 0 heterocycles. The number of hydrogen-bond donors (Lipinski definition) is 1. The van der Waals surface area contributed by atoms with Gasteiger partial charge in [-0.05, 0) is 24.1 Å². The normalized spacial score (nSPS) is 11.1. The van der Waals surface area contributed by atoms with Gasteiger partial charge in [0.15, 0.2) is 0 Å².